The number of aryl methyl sites for hydroxylation is 1. The van der Waals surface area contributed by atoms with Gasteiger partial charge in [-0.15, -0.1) is 12.4 Å². The van der Waals surface area contributed by atoms with Gasteiger partial charge in [0.05, 0.1) is 25.1 Å². The van der Waals surface area contributed by atoms with Gasteiger partial charge in [-0.3, -0.25) is 0 Å². The molecule has 26 heavy (non-hydrogen) atoms. The molecule has 4 nitrogen and oxygen atoms in total. The molecule has 1 aliphatic heterocycles. The third-order valence-corrected chi connectivity index (χ3v) is 5.15. The molecule has 2 aromatic rings. The van der Waals surface area contributed by atoms with E-state index in [2.05, 4.69) is 31.0 Å². The van der Waals surface area contributed by atoms with E-state index >= 15 is 0 Å². The lowest BCUT2D eigenvalue weighted by molar-refractivity contribution is -0.332. The Hall–Kier alpha value is -1.07. The highest BCUT2D eigenvalue weighted by atomic mass is 35.5. The van der Waals surface area contributed by atoms with E-state index in [9.17, 15) is 0 Å². The van der Waals surface area contributed by atoms with Gasteiger partial charge in [-0.25, -0.2) is 4.98 Å². The number of hydrogen-bond donors (Lipinski definition) is 0. The first-order valence-corrected chi connectivity index (χ1v) is 9.45. The van der Waals surface area contributed by atoms with Gasteiger partial charge in [-0.05, 0) is 43.9 Å². The quantitative estimate of drug-likeness (QED) is 0.635. The predicted molar refractivity (Wildman–Crippen MR) is 107 cm³/mol. The fourth-order valence-electron chi connectivity index (χ4n) is 3.61. The highest BCUT2D eigenvalue weighted by Crippen LogP contribution is 2.37. The van der Waals surface area contributed by atoms with Crippen LogP contribution in [-0.2, 0) is 22.4 Å². The summed E-state index contributed by atoms with van der Waals surface area (Å²) in [4.78, 5) is 4.16. The molecule has 2 atom stereocenters. The van der Waals surface area contributed by atoms with Crippen molar-refractivity contribution in [1.29, 1.82) is 0 Å². The van der Waals surface area contributed by atoms with Crippen molar-refractivity contribution in [1.82, 2.24) is 9.55 Å². The maximum absolute atomic E-state index is 6.62. The second-order valence-electron chi connectivity index (χ2n) is 7.17. The maximum Gasteiger partial charge on any atom is 0.187 e. The molecule has 0 saturated carbocycles. The molecule has 1 saturated heterocycles. The van der Waals surface area contributed by atoms with Crippen molar-refractivity contribution in [3.63, 3.8) is 0 Å². The minimum Gasteiger partial charge on any atom is -0.348 e. The molecule has 0 aliphatic carbocycles. The van der Waals surface area contributed by atoms with Crippen LogP contribution in [0.2, 0.25) is 5.02 Å². The largest absolute Gasteiger partial charge is 0.348 e. The summed E-state index contributed by atoms with van der Waals surface area (Å²) in [6, 6.07) is 8.01. The molecule has 2 heterocycles. The SMILES string of the molecule is CCCC1(C)CCOC(CCc2ccc(Cl)cc2)(Cn2ccnc2)O1.Cl. The lowest BCUT2D eigenvalue weighted by atomic mass is 9.93. The number of aromatic nitrogens is 2. The van der Waals surface area contributed by atoms with E-state index in [1.807, 2.05) is 29.2 Å². The van der Waals surface area contributed by atoms with Gasteiger partial charge in [-0.1, -0.05) is 37.1 Å². The van der Waals surface area contributed by atoms with E-state index in [1.54, 1.807) is 6.20 Å². The number of rotatable bonds is 7. The van der Waals surface area contributed by atoms with Crippen LogP contribution in [-0.4, -0.2) is 27.5 Å². The number of halogens is 2. The topological polar surface area (TPSA) is 36.3 Å². The molecule has 1 aromatic heterocycles. The Morgan fingerprint density at radius 3 is 2.65 bits per heavy atom. The Kier molecular flexibility index (Phi) is 7.53. The summed E-state index contributed by atoms with van der Waals surface area (Å²) >= 11 is 6.00. The average Bonchev–Trinajstić information content (AvgIpc) is 3.07. The lowest BCUT2D eigenvalue weighted by Gasteiger charge is -2.47. The van der Waals surface area contributed by atoms with Crippen LogP contribution in [0.5, 0.6) is 0 Å². The monoisotopic (exact) mass is 398 g/mol. The summed E-state index contributed by atoms with van der Waals surface area (Å²) in [7, 11) is 0. The molecule has 2 unspecified atom stereocenters. The predicted octanol–water partition coefficient (Wildman–Crippen LogP) is 5.28. The second-order valence-corrected chi connectivity index (χ2v) is 7.61. The van der Waals surface area contributed by atoms with Gasteiger partial charge in [0.2, 0.25) is 0 Å². The standard InChI is InChI=1S/C20H27ClN2O2.ClH/c1-3-9-19(2)11-14-24-20(25-19,15-23-13-12-22-16-23)10-8-17-4-6-18(21)7-5-17;/h4-7,12-13,16H,3,8-11,14-15H2,1-2H3;1H. The fourth-order valence-corrected chi connectivity index (χ4v) is 3.74. The Balaban J connectivity index is 0.00000243. The highest BCUT2D eigenvalue weighted by Gasteiger charge is 2.43. The summed E-state index contributed by atoms with van der Waals surface area (Å²) in [5, 5.41) is 0.762. The molecule has 0 radical (unpaired) electrons. The van der Waals surface area contributed by atoms with Crippen molar-refractivity contribution < 1.29 is 9.47 Å². The van der Waals surface area contributed by atoms with Gasteiger partial charge >= 0.3 is 0 Å². The number of imidazole rings is 1. The average molecular weight is 399 g/mol. The van der Waals surface area contributed by atoms with E-state index in [0.717, 1.165) is 43.7 Å². The van der Waals surface area contributed by atoms with E-state index in [0.29, 0.717) is 6.54 Å². The fraction of sp³-hybridized carbons (Fsp3) is 0.550. The lowest BCUT2D eigenvalue weighted by Crippen LogP contribution is -2.53. The van der Waals surface area contributed by atoms with Crippen molar-refractivity contribution in [2.45, 2.75) is 63.9 Å². The summed E-state index contributed by atoms with van der Waals surface area (Å²) in [6.07, 6.45) is 10.3. The highest BCUT2D eigenvalue weighted by molar-refractivity contribution is 6.30. The molecule has 3 rings (SSSR count). The molecule has 6 heteroatoms. The zero-order valence-corrected chi connectivity index (χ0v) is 17.1. The molecule has 1 aliphatic rings. The van der Waals surface area contributed by atoms with Crippen LogP contribution in [0.1, 0.15) is 45.1 Å². The molecule has 0 bridgehead atoms. The van der Waals surface area contributed by atoms with Gasteiger partial charge < -0.3 is 14.0 Å². The molecular weight excluding hydrogens is 371 g/mol. The Morgan fingerprint density at radius 2 is 2.00 bits per heavy atom. The van der Waals surface area contributed by atoms with Crippen LogP contribution in [0.25, 0.3) is 0 Å². The van der Waals surface area contributed by atoms with Gasteiger partial charge in [0.25, 0.3) is 0 Å². The maximum atomic E-state index is 6.62. The molecule has 1 fully saturated rings. The Morgan fingerprint density at radius 1 is 1.23 bits per heavy atom. The second kappa shape index (κ2) is 9.23. The Bertz CT molecular complexity index is 659. The summed E-state index contributed by atoms with van der Waals surface area (Å²) in [6.45, 7) is 5.80. The van der Waals surface area contributed by atoms with E-state index < -0.39 is 5.79 Å². The van der Waals surface area contributed by atoms with Crippen molar-refractivity contribution in [3.8, 4) is 0 Å². The first kappa shape index (κ1) is 21.2. The first-order valence-electron chi connectivity index (χ1n) is 9.07. The summed E-state index contributed by atoms with van der Waals surface area (Å²) in [5.41, 5.74) is 1.11. The van der Waals surface area contributed by atoms with Crippen LogP contribution in [0.15, 0.2) is 43.0 Å². The van der Waals surface area contributed by atoms with Crippen LogP contribution >= 0.6 is 24.0 Å². The number of benzene rings is 1. The molecule has 144 valence electrons. The van der Waals surface area contributed by atoms with Crippen LogP contribution in [0.4, 0.5) is 0 Å². The minimum atomic E-state index is -0.623. The molecule has 0 spiro atoms. The Labute approximate surface area is 167 Å². The van der Waals surface area contributed by atoms with E-state index in [1.165, 1.54) is 5.56 Å². The van der Waals surface area contributed by atoms with Crippen LogP contribution < -0.4 is 0 Å². The molecule has 0 N–H and O–H groups in total. The van der Waals surface area contributed by atoms with Crippen molar-refractivity contribution in [2.24, 2.45) is 0 Å². The third-order valence-electron chi connectivity index (χ3n) is 4.90. The van der Waals surface area contributed by atoms with Gasteiger partial charge in [0.1, 0.15) is 0 Å². The van der Waals surface area contributed by atoms with Crippen LogP contribution in [0, 0.1) is 0 Å². The number of nitrogens with zero attached hydrogens (tertiary/aromatic N) is 2. The molecule has 1 aromatic carbocycles. The summed E-state index contributed by atoms with van der Waals surface area (Å²) < 4.78 is 14.9. The van der Waals surface area contributed by atoms with Crippen molar-refractivity contribution in [3.05, 3.63) is 53.6 Å². The number of ether oxygens (including phenoxy) is 2. The van der Waals surface area contributed by atoms with E-state index in [4.69, 9.17) is 21.1 Å². The van der Waals surface area contributed by atoms with Gasteiger partial charge in [-0.2, -0.15) is 0 Å². The molecular formula is C20H28Cl2N2O2. The van der Waals surface area contributed by atoms with Gasteiger partial charge in [0, 0.05) is 23.8 Å². The smallest absolute Gasteiger partial charge is 0.187 e. The normalized spacial score (nSPS) is 25.7. The van der Waals surface area contributed by atoms with E-state index in [-0.39, 0.29) is 18.0 Å². The zero-order valence-electron chi connectivity index (χ0n) is 15.5. The van der Waals surface area contributed by atoms with Crippen molar-refractivity contribution in [2.75, 3.05) is 6.61 Å². The first-order chi connectivity index (χ1) is 12.0. The third kappa shape index (κ3) is 5.46. The molecule has 0 amide bonds. The minimum absolute atomic E-state index is 0. The summed E-state index contributed by atoms with van der Waals surface area (Å²) in [5.74, 6) is -0.623. The van der Waals surface area contributed by atoms with Crippen LogP contribution in [0.3, 0.4) is 0 Å². The zero-order chi connectivity index (χ0) is 17.8. The number of hydrogen-bond acceptors (Lipinski definition) is 3. The van der Waals surface area contributed by atoms with Gasteiger partial charge in [0.15, 0.2) is 5.79 Å². The van der Waals surface area contributed by atoms with Crippen molar-refractivity contribution >= 4 is 24.0 Å².